The largest absolute Gasteiger partial charge is 0.466 e. The summed E-state index contributed by atoms with van der Waals surface area (Å²) < 4.78 is 4.48. The van der Waals surface area contributed by atoms with Gasteiger partial charge in [0.05, 0.1) is 13.0 Å². The first-order valence-corrected chi connectivity index (χ1v) is 2.83. The average molecular weight is 140 g/mol. The van der Waals surface area contributed by atoms with E-state index in [0.717, 1.165) is 0 Å². The fourth-order valence-corrected chi connectivity index (χ4v) is 0.396. The smallest absolute Gasteiger partial charge is 0.312 e. The van der Waals surface area contributed by atoms with Gasteiger partial charge in [-0.2, -0.15) is 5.26 Å². The van der Waals surface area contributed by atoms with Crippen molar-refractivity contribution in [2.45, 2.75) is 13.3 Å². The maximum Gasteiger partial charge on any atom is 0.312 e. The highest BCUT2D eigenvalue weighted by molar-refractivity contribution is 6.06. The van der Waals surface area contributed by atoms with Crippen molar-refractivity contribution in [3.8, 4) is 6.07 Å². The van der Waals surface area contributed by atoms with E-state index in [1.807, 2.05) is 0 Å². The zero-order chi connectivity index (χ0) is 7.98. The van der Waals surface area contributed by atoms with Crippen LogP contribution in [0.15, 0.2) is 0 Å². The molecule has 0 aromatic carbocycles. The van der Waals surface area contributed by atoms with Crippen LogP contribution in [0.2, 0.25) is 0 Å². The number of hydrogen-bond acceptors (Lipinski definition) is 4. The summed E-state index contributed by atoms with van der Waals surface area (Å²) in [5, 5.41) is 14.9. The highest BCUT2D eigenvalue weighted by Gasteiger charge is 2.04. The van der Waals surface area contributed by atoms with Gasteiger partial charge in [-0.05, 0) is 6.92 Å². The minimum Gasteiger partial charge on any atom is -0.466 e. The molecule has 0 aliphatic rings. The van der Waals surface area contributed by atoms with Gasteiger partial charge >= 0.3 is 5.97 Å². The van der Waals surface area contributed by atoms with Crippen LogP contribution >= 0.6 is 0 Å². The number of hydrogen-bond donors (Lipinski definition) is 1. The lowest BCUT2D eigenvalue weighted by atomic mass is 10.3. The lowest BCUT2D eigenvalue weighted by Crippen LogP contribution is -2.08. The van der Waals surface area contributed by atoms with Crippen LogP contribution in [0.5, 0.6) is 0 Å². The second kappa shape index (κ2) is 4.50. The van der Waals surface area contributed by atoms with Crippen molar-refractivity contribution in [1.29, 1.82) is 10.7 Å². The number of esters is 1. The Hall–Kier alpha value is -1.37. The molecule has 0 fully saturated rings. The molecule has 0 bridgehead atoms. The monoisotopic (exact) mass is 140 g/mol. The predicted molar refractivity (Wildman–Crippen MR) is 34.6 cm³/mol. The van der Waals surface area contributed by atoms with Crippen molar-refractivity contribution < 1.29 is 9.53 Å². The highest BCUT2D eigenvalue weighted by Crippen LogP contribution is 1.86. The molecule has 0 aliphatic heterocycles. The van der Waals surface area contributed by atoms with Gasteiger partial charge in [-0.15, -0.1) is 0 Å². The number of ether oxygens (including phenoxy) is 1. The molecule has 0 saturated carbocycles. The number of carbonyl (C=O) groups is 1. The normalized spacial score (nSPS) is 8.00. The van der Waals surface area contributed by atoms with E-state index >= 15 is 0 Å². The van der Waals surface area contributed by atoms with Gasteiger partial charge in [-0.25, -0.2) is 0 Å². The Balaban J connectivity index is 3.60. The van der Waals surface area contributed by atoms with Crippen LogP contribution in [0, 0.1) is 16.7 Å². The third kappa shape index (κ3) is 3.61. The van der Waals surface area contributed by atoms with Gasteiger partial charge in [0.1, 0.15) is 11.8 Å². The van der Waals surface area contributed by atoms with Crippen molar-refractivity contribution in [1.82, 2.24) is 0 Å². The number of nitrogens with zero attached hydrogens (tertiary/aromatic N) is 1. The average Bonchev–Trinajstić information content (AvgIpc) is 1.88. The van der Waals surface area contributed by atoms with Crippen molar-refractivity contribution in [3.63, 3.8) is 0 Å². The third-order valence-corrected chi connectivity index (χ3v) is 0.761. The Morgan fingerprint density at radius 3 is 2.80 bits per heavy atom. The van der Waals surface area contributed by atoms with E-state index in [9.17, 15) is 4.79 Å². The molecule has 0 aromatic rings. The summed E-state index contributed by atoms with van der Waals surface area (Å²) in [6.07, 6.45) is -0.218. The molecular weight excluding hydrogens is 132 g/mol. The van der Waals surface area contributed by atoms with Crippen molar-refractivity contribution in [2.24, 2.45) is 0 Å². The second-order valence-corrected chi connectivity index (χ2v) is 1.57. The Kier molecular flexibility index (Phi) is 3.89. The standard InChI is InChI=1S/C6H8N2O2/c1-2-10-6(9)3-5(8)4-7/h8H,2-3H2,1H3. The van der Waals surface area contributed by atoms with E-state index in [4.69, 9.17) is 10.7 Å². The second-order valence-electron chi connectivity index (χ2n) is 1.57. The van der Waals surface area contributed by atoms with Crippen LogP contribution in [0.25, 0.3) is 0 Å². The van der Waals surface area contributed by atoms with E-state index in [1.54, 1.807) is 6.92 Å². The Morgan fingerprint density at radius 1 is 1.80 bits per heavy atom. The van der Waals surface area contributed by atoms with E-state index in [-0.39, 0.29) is 18.7 Å². The zero-order valence-electron chi connectivity index (χ0n) is 5.68. The van der Waals surface area contributed by atoms with Gasteiger partial charge in [0.2, 0.25) is 0 Å². The molecule has 0 aromatic heterocycles. The topological polar surface area (TPSA) is 73.9 Å². The van der Waals surface area contributed by atoms with Gasteiger partial charge in [0, 0.05) is 0 Å². The van der Waals surface area contributed by atoms with Crippen molar-refractivity contribution >= 4 is 11.7 Å². The van der Waals surface area contributed by atoms with Crippen LogP contribution in [-0.2, 0) is 9.53 Å². The first kappa shape index (κ1) is 8.63. The zero-order valence-corrected chi connectivity index (χ0v) is 5.68. The lowest BCUT2D eigenvalue weighted by molar-refractivity contribution is -0.141. The minimum absolute atomic E-state index is 0.218. The van der Waals surface area contributed by atoms with Gasteiger partial charge < -0.3 is 4.74 Å². The van der Waals surface area contributed by atoms with Crippen LogP contribution < -0.4 is 0 Å². The molecule has 0 atom stereocenters. The fourth-order valence-electron chi connectivity index (χ4n) is 0.396. The van der Waals surface area contributed by atoms with Crippen LogP contribution in [0.4, 0.5) is 0 Å². The molecule has 0 radical (unpaired) electrons. The number of nitriles is 1. The molecule has 4 heteroatoms. The van der Waals surface area contributed by atoms with Crippen LogP contribution in [0.1, 0.15) is 13.3 Å². The molecule has 0 unspecified atom stereocenters. The summed E-state index contributed by atoms with van der Waals surface area (Å²) in [7, 11) is 0. The molecule has 0 amide bonds. The Bertz CT molecular complexity index is 181. The van der Waals surface area contributed by atoms with Gasteiger partial charge in [0.25, 0.3) is 0 Å². The first-order chi connectivity index (χ1) is 4.70. The minimum atomic E-state index is -0.519. The molecule has 54 valence electrons. The molecular formula is C6H8N2O2. The fraction of sp³-hybridized carbons (Fsp3) is 0.500. The summed E-state index contributed by atoms with van der Waals surface area (Å²) in [6.45, 7) is 1.96. The number of carbonyl (C=O) groups excluding carboxylic acids is 1. The number of rotatable bonds is 3. The molecule has 0 saturated heterocycles. The van der Waals surface area contributed by atoms with Crippen LogP contribution in [0.3, 0.4) is 0 Å². The SMILES string of the molecule is CCOC(=O)CC(=N)C#N. The van der Waals surface area contributed by atoms with Gasteiger partial charge in [-0.3, -0.25) is 10.2 Å². The summed E-state index contributed by atoms with van der Waals surface area (Å²) in [6, 6.07) is 1.54. The summed E-state index contributed by atoms with van der Waals surface area (Å²) >= 11 is 0. The molecule has 0 aliphatic carbocycles. The molecule has 4 nitrogen and oxygen atoms in total. The highest BCUT2D eigenvalue weighted by atomic mass is 16.5. The van der Waals surface area contributed by atoms with E-state index in [0.29, 0.717) is 0 Å². The molecule has 1 N–H and O–H groups in total. The number of nitrogens with one attached hydrogen (secondary N) is 1. The van der Waals surface area contributed by atoms with Crippen LogP contribution in [-0.4, -0.2) is 18.3 Å². The van der Waals surface area contributed by atoms with Crippen molar-refractivity contribution in [2.75, 3.05) is 6.61 Å². The van der Waals surface area contributed by atoms with Crippen molar-refractivity contribution in [3.05, 3.63) is 0 Å². The van der Waals surface area contributed by atoms with E-state index in [1.165, 1.54) is 6.07 Å². The summed E-state index contributed by atoms with van der Waals surface area (Å²) in [4.78, 5) is 10.5. The summed E-state index contributed by atoms with van der Waals surface area (Å²) in [5.41, 5.74) is -0.265. The summed E-state index contributed by atoms with van der Waals surface area (Å²) in [5.74, 6) is -0.519. The maximum atomic E-state index is 10.5. The van der Waals surface area contributed by atoms with Gasteiger partial charge in [0.15, 0.2) is 0 Å². The molecule has 0 rings (SSSR count). The predicted octanol–water partition coefficient (Wildman–Crippen LogP) is 0.483. The van der Waals surface area contributed by atoms with Gasteiger partial charge in [-0.1, -0.05) is 0 Å². The van der Waals surface area contributed by atoms with E-state index < -0.39 is 5.97 Å². The molecule has 10 heavy (non-hydrogen) atoms. The van der Waals surface area contributed by atoms with E-state index in [2.05, 4.69) is 4.74 Å². The maximum absolute atomic E-state index is 10.5. The molecule has 0 heterocycles. The molecule has 0 spiro atoms. The third-order valence-electron chi connectivity index (χ3n) is 0.761. The Labute approximate surface area is 58.9 Å². The lowest BCUT2D eigenvalue weighted by Gasteiger charge is -1.96. The quantitative estimate of drug-likeness (QED) is 0.457. The Morgan fingerprint density at radius 2 is 2.40 bits per heavy atom. The first-order valence-electron chi connectivity index (χ1n) is 2.83.